The Kier molecular flexibility index (Phi) is 6.52. The van der Waals surface area contributed by atoms with Crippen LogP contribution in [-0.4, -0.2) is 33.5 Å². The molecule has 4 N–H and O–H groups in total. The zero-order valence-corrected chi connectivity index (χ0v) is 18.9. The highest BCUT2D eigenvalue weighted by molar-refractivity contribution is 6.33. The number of carbonyl (C=O) groups excluding carboxylic acids is 1. The van der Waals surface area contributed by atoms with Gasteiger partial charge in [0.25, 0.3) is 11.1 Å². The van der Waals surface area contributed by atoms with E-state index in [2.05, 4.69) is 20.4 Å². The number of H-pyrrole nitrogens is 4. The van der Waals surface area contributed by atoms with Crippen LogP contribution in [0, 0.1) is 13.8 Å². The van der Waals surface area contributed by atoms with E-state index in [0.29, 0.717) is 39.6 Å². The van der Waals surface area contributed by atoms with Gasteiger partial charge in [-0.3, -0.25) is 19.8 Å². The highest BCUT2D eigenvalue weighted by atomic mass is 35.5. The lowest BCUT2D eigenvalue weighted by Crippen LogP contribution is -2.19. The number of ether oxygens (including phenoxy) is 1. The molecule has 0 unspecified atom stereocenters. The van der Waals surface area contributed by atoms with E-state index in [1.54, 1.807) is 44.2 Å². The van der Waals surface area contributed by atoms with Crippen molar-refractivity contribution in [3.8, 4) is 11.3 Å². The summed E-state index contributed by atoms with van der Waals surface area (Å²) in [6, 6.07) is 8.25. The van der Waals surface area contributed by atoms with Crippen LogP contribution in [0.25, 0.3) is 11.3 Å². The van der Waals surface area contributed by atoms with Crippen molar-refractivity contribution in [3.63, 3.8) is 0 Å². The van der Waals surface area contributed by atoms with Crippen LogP contribution in [0.2, 0.25) is 5.02 Å². The van der Waals surface area contributed by atoms with Gasteiger partial charge < -0.3 is 19.4 Å². The van der Waals surface area contributed by atoms with Crippen LogP contribution in [0.5, 0.6) is 0 Å². The Labute approximate surface area is 192 Å². The number of hydrogen-bond acceptors (Lipinski definition) is 5. The topological polar surface area (TPSA) is 137 Å². The van der Waals surface area contributed by atoms with Crippen LogP contribution in [0.15, 0.2) is 44.3 Å². The summed E-state index contributed by atoms with van der Waals surface area (Å²) in [6.07, 6.45) is 0. The van der Waals surface area contributed by atoms with E-state index in [0.717, 1.165) is 0 Å². The van der Waals surface area contributed by atoms with Crippen molar-refractivity contribution in [3.05, 3.63) is 89.9 Å². The van der Waals surface area contributed by atoms with Crippen molar-refractivity contribution >= 4 is 30.0 Å². The predicted octanol–water partition coefficient (Wildman–Crippen LogP) is 3.64. The van der Waals surface area contributed by atoms with Crippen molar-refractivity contribution in [2.45, 2.75) is 19.8 Å². The highest BCUT2D eigenvalue weighted by Crippen LogP contribution is 2.35. The minimum atomic E-state index is -0.744. The maximum Gasteiger partial charge on any atom is 0.339 e. The molecule has 4 aromatic rings. The van der Waals surface area contributed by atoms with Gasteiger partial charge in [-0.2, -0.15) is 0 Å². The predicted molar refractivity (Wildman–Crippen MR) is 121 cm³/mol. The summed E-state index contributed by atoms with van der Waals surface area (Å²) in [5, 5.41) is 10.9. The lowest BCUT2D eigenvalue weighted by molar-refractivity contribution is 0.0601. The molecule has 0 fully saturated rings. The number of esters is 1. The number of furan rings is 1. The number of benzene rings is 1. The molecule has 0 saturated heterocycles. The summed E-state index contributed by atoms with van der Waals surface area (Å²) in [6.45, 7) is 3.48. The normalized spacial score (nSPS) is 10.9. The Morgan fingerprint density at radius 2 is 1.56 bits per heavy atom. The number of rotatable bonds is 5. The highest BCUT2D eigenvalue weighted by Gasteiger charge is 2.30. The fourth-order valence-corrected chi connectivity index (χ4v) is 3.84. The Bertz CT molecular complexity index is 1340. The molecule has 0 radical (unpaired) electrons. The summed E-state index contributed by atoms with van der Waals surface area (Å²) < 4.78 is 10.8. The Morgan fingerprint density at radius 1 is 0.969 bits per heavy atom. The molecule has 0 aliphatic heterocycles. The van der Waals surface area contributed by atoms with Gasteiger partial charge in [0.1, 0.15) is 11.5 Å². The van der Waals surface area contributed by atoms with Gasteiger partial charge in [-0.25, -0.2) is 4.79 Å². The van der Waals surface area contributed by atoms with E-state index in [1.165, 1.54) is 7.11 Å². The first-order valence-corrected chi connectivity index (χ1v) is 9.71. The zero-order valence-electron chi connectivity index (χ0n) is 17.3. The third-order valence-electron chi connectivity index (χ3n) is 5.17. The van der Waals surface area contributed by atoms with Gasteiger partial charge in [0.15, 0.2) is 0 Å². The number of methoxy groups -OCH3 is 1. The number of aryl methyl sites for hydroxylation is 2. The monoisotopic (exact) mass is 478 g/mol. The molecule has 0 atom stereocenters. The Balaban J connectivity index is 0.00000289. The van der Waals surface area contributed by atoms with Gasteiger partial charge in [-0.05, 0) is 44.2 Å². The van der Waals surface area contributed by atoms with Crippen molar-refractivity contribution < 1.29 is 13.9 Å². The molecule has 0 saturated carbocycles. The molecule has 32 heavy (non-hydrogen) atoms. The number of carbonyl (C=O) groups is 1. The lowest BCUT2D eigenvalue weighted by Gasteiger charge is -2.12. The molecular formula is C21H20Cl2N4O5. The molecule has 0 amide bonds. The van der Waals surface area contributed by atoms with Gasteiger partial charge in [-0.1, -0.05) is 11.6 Å². The van der Waals surface area contributed by atoms with Gasteiger partial charge in [0.05, 0.1) is 34.7 Å². The van der Waals surface area contributed by atoms with Crippen LogP contribution in [0.4, 0.5) is 0 Å². The number of nitrogens with one attached hydrogen (secondary N) is 4. The molecule has 9 nitrogen and oxygen atoms in total. The fourth-order valence-electron chi connectivity index (χ4n) is 3.64. The first-order chi connectivity index (χ1) is 14.8. The van der Waals surface area contributed by atoms with Gasteiger partial charge in [0.2, 0.25) is 0 Å². The van der Waals surface area contributed by atoms with Crippen LogP contribution < -0.4 is 11.1 Å². The molecule has 0 spiro atoms. The van der Waals surface area contributed by atoms with Crippen molar-refractivity contribution in [1.29, 1.82) is 0 Å². The van der Waals surface area contributed by atoms with E-state index < -0.39 is 11.9 Å². The van der Waals surface area contributed by atoms with Crippen LogP contribution in [-0.2, 0) is 4.74 Å². The van der Waals surface area contributed by atoms with Gasteiger partial charge in [-0.15, -0.1) is 12.4 Å². The van der Waals surface area contributed by atoms with Crippen molar-refractivity contribution in [1.82, 2.24) is 20.4 Å². The molecule has 4 rings (SSSR count). The summed E-state index contributed by atoms with van der Waals surface area (Å²) in [5.41, 5.74) is 2.03. The number of aromatic amines is 4. The van der Waals surface area contributed by atoms with Crippen molar-refractivity contribution in [2.75, 3.05) is 7.11 Å². The van der Waals surface area contributed by atoms with Gasteiger partial charge in [0, 0.05) is 17.0 Å². The molecule has 3 aromatic heterocycles. The standard InChI is InChI=1S/C21H19ClN4O5.ClH/c1-9-16(19(27)25-23-9)18(17-10(2)24-26-20(17)28)15-7-6-14(31-15)11-4-5-13(22)12(8-11)21(29)30-3;/h4-8,18H,1-3H3,(H2,23,25,27)(H2,24,26,28);1H. The molecule has 3 heterocycles. The summed E-state index contributed by atoms with van der Waals surface area (Å²) in [7, 11) is 1.27. The fraction of sp³-hybridized carbons (Fsp3) is 0.190. The third kappa shape index (κ3) is 3.92. The molecule has 0 aliphatic rings. The van der Waals surface area contributed by atoms with E-state index in [1.807, 2.05) is 0 Å². The van der Waals surface area contributed by atoms with E-state index >= 15 is 0 Å². The average molecular weight is 479 g/mol. The summed E-state index contributed by atoms with van der Waals surface area (Å²) in [5.74, 6) is -0.478. The molecule has 1 aromatic carbocycles. The second-order valence-electron chi connectivity index (χ2n) is 7.06. The van der Waals surface area contributed by atoms with Crippen LogP contribution in [0.1, 0.15) is 44.6 Å². The maximum absolute atomic E-state index is 12.5. The molecule has 0 aliphatic carbocycles. The zero-order chi connectivity index (χ0) is 22.3. The minimum Gasteiger partial charge on any atom is -0.465 e. The van der Waals surface area contributed by atoms with E-state index in [9.17, 15) is 14.4 Å². The Morgan fingerprint density at radius 3 is 2.06 bits per heavy atom. The minimum absolute atomic E-state index is 0. The first kappa shape index (κ1) is 23.2. The SMILES string of the molecule is COC(=O)c1cc(-c2ccc(C(c3c(C)[nH][nH]c3=O)c3c(C)[nH][nH]c3=O)o2)ccc1Cl.Cl. The van der Waals surface area contributed by atoms with E-state index in [4.69, 9.17) is 20.8 Å². The van der Waals surface area contributed by atoms with Crippen LogP contribution >= 0.6 is 24.0 Å². The average Bonchev–Trinajstić information content (AvgIpc) is 3.45. The molecule has 0 bridgehead atoms. The Hall–Kier alpha value is -3.43. The number of aromatic nitrogens is 4. The summed E-state index contributed by atoms with van der Waals surface area (Å²) >= 11 is 6.10. The van der Waals surface area contributed by atoms with Crippen molar-refractivity contribution in [2.24, 2.45) is 0 Å². The molecule has 11 heteroatoms. The largest absolute Gasteiger partial charge is 0.465 e. The first-order valence-electron chi connectivity index (χ1n) is 9.34. The lowest BCUT2D eigenvalue weighted by atomic mass is 9.89. The molecular weight excluding hydrogens is 459 g/mol. The second kappa shape index (κ2) is 8.97. The number of halogens is 2. The molecule has 168 valence electrons. The smallest absolute Gasteiger partial charge is 0.339 e. The number of hydrogen-bond donors (Lipinski definition) is 4. The van der Waals surface area contributed by atoms with E-state index in [-0.39, 0.29) is 34.1 Å². The maximum atomic E-state index is 12.5. The van der Waals surface area contributed by atoms with Gasteiger partial charge >= 0.3 is 5.97 Å². The van der Waals surface area contributed by atoms with Crippen LogP contribution in [0.3, 0.4) is 0 Å². The quantitative estimate of drug-likeness (QED) is 0.324. The summed E-state index contributed by atoms with van der Waals surface area (Å²) in [4.78, 5) is 37.0. The second-order valence-corrected chi connectivity index (χ2v) is 7.46. The third-order valence-corrected chi connectivity index (χ3v) is 5.50.